The molecule has 0 fully saturated rings. The van der Waals surface area contributed by atoms with Crippen LogP contribution < -0.4 is 10.6 Å². The molecule has 0 aliphatic heterocycles. The van der Waals surface area contributed by atoms with Gasteiger partial charge in [-0.2, -0.15) is 9.61 Å². The van der Waals surface area contributed by atoms with Crippen molar-refractivity contribution in [1.29, 1.82) is 0 Å². The Hall–Kier alpha value is -2.12. The maximum atomic E-state index is 9.55. The molecule has 0 unspecified atom stereocenters. The van der Waals surface area contributed by atoms with Crippen molar-refractivity contribution in [2.45, 2.75) is 32.7 Å². The van der Waals surface area contributed by atoms with Crippen LogP contribution in [-0.2, 0) is 0 Å². The smallest absolute Gasteiger partial charge is 0.173 e. The van der Waals surface area contributed by atoms with Crippen molar-refractivity contribution in [2.24, 2.45) is 0 Å². The summed E-state index contributed by atoms with van der Waals surface area (Å²) >= 11 is 3.49. The van der Waals surface area contributed by atoms with E-state index >= 15 is 0 Å². The van der Waals surface area contributed by atoms with Gasteiger partial charge in [0.1, 0.15) is 11.6 Å². The van der Waals surface area contributed by atoms with E-state index in [1.54, 1.807) is 10.7 Å². The molecule has 0 aliphatic rings. The van der Waals surface area contributed by atoms with Gasteiger partial charge in [0.05, 0.1) is 23.3 Å². The van der Waals surface area contributed by atoms with Crippen LogP contribution in [0.15, 0.2) is 53.2 Å². The molecule has 0 bridgehead atoms. The van der Waals surface area contributed by atoms with Gasteiger partial charge in [0.2, 0.25) is 0 Å². The van der Waals surface area contributed by atoms with E-state index in [2.05, 4.69) is 50.1 Å². The van der Waals surface area contributed by atoms with E-state index in [9.17, 15) is 5.11 Å². The molecule has 0 spiro atoms. The second-order valence-electron chi connectivity index (χ2n) is 5.89. The third-order valence-electron chi connectivity index (χ3n) is 3.88. The number of fused-ring (bicyclic) bond motifs is 1. The average molecular weight is 420 g/mol. The minimum absolute atomic E-state index is 0.0252. The SMILES string of the molecule is C=C/C(=C\C=C/C)CNc1cc(N[C@H](CO)CCC)nc2c(Br)cnn12. The van der Waals surface area contributed by atoms with E-state index in [0.717, 1.165) is 28.7 Å². The Labute approximate surface area is 162 Å². The van der Waals surface area contributed by atoms with Crippen LogP contribution in [0.5, 0.6) is 0 Å². The Morgan fingerprint density at radius 1 is 1.50 bits per heavy atom. The minimum atomic E-state index is -0.0252. The van der Waals surface area contributed by atoms with Crippen LogP contribution in [0.25, 0.3) is 5.65 Å². The first-order valence-corrected chi connectivity index (χ1v) is 9.52. The van der Waals surface area contributed by atoms with Gasteiger partial charge in [-0.1, -0.05) is 44.2 Å². The van der Waals surface area contributed by atoms with Crippen LogP contribution in [0, 0.1) is 0 Å². The fourth-order valence-electron chi connectivity index (χ4n) is 2.51. The van der Waals surface area contributed by atoms with Crippen LogP contribution in [0.3, 0.4) is 0 Å². The maximum Gasteiger partial charge on any atom is 0.173 e. The Morgan fingerprint density at radius 2 is 2.31 bits per heavy atom. The van der Waals surface area contributed by atoms with Gasteiger partial charge in [0.15, 0.2) is 5.65 Å². The molecule has 1 atom stereocenters. The Balaban J connectivity index is 2.30. The zero-order chi connectivity index (χ0) is 18.9. The first-order chi connectivity index (χ1) is 12.6. The van der Waals surface area contributed by atoms with E-state index in [1.165, 1.54) is 0 Å². The number of hydrogen-bond acceptors (Lipinski definition) is 5. The molecule has 2 heterocycles. The second-order valence-corrected chi connectivity index (χ2v) is 6.75. The standard InChI is InChI=1S/C19H26BrN5O/c1-4-7-9-14(6-3)11-21-18-10-17(23-15(13-26)8-5-2)24-19-16(20)12-22-25(18)19/h4,6-7,9-10,12,15,21,26H,3,5,8,11,13H2,1-2H3,(H,23,24)/b7-4-,14-9+/t15-/m0/s1. The molecule has 0 aromatic carbocycles. The number of aliphatic hydroxyl groups is 1. The predicted octanol–water partition coefficient (Wildman–Crippen LogP) is 4.17. The highest BCUT2D eigenvalue weighted by Gasteiger charge is 2.13. The Morgan fingerprint density at radius 3 is 2.96 bits per heavy atom. The zero-order valence-electron chi connectivity index (χ0n) is 15.2. The molecule has 0 radical (unpaired) electrons. The van der Waals surface area contributed by atoms with Gasteiger partial charge in [0, 0.05) is 12.6 Å². The van der Waals surface area contributed by atoms with Gasteiger partial charge in [-0.15, -0.1) is 0 Å². The molecule has 2 rings (SSSR count). The highest BCUT2D eigenvalue weighted by molar-refractivity contribution is 9.10. The van der Waals surface area contributed by atoms with Gasteiger partial charge in [0.25, 0.3) is 0 Å². The molecular weight excluding hydrogens is 394 g/mol. The first kappa shape index (κ1) is 20.2. The average Bonchev–Trinajstić information content (AvgIpc) is 3.02. The molecule has 26 heavy (non-hydrogen) atoms. The highest BCUT2D eigenvalue weighted by Crippen LogP contribution is 2.23. The number of nitrogens with one attached hydrogen (secondary N) is 2. The number of aliphatic hydroxyl groups excluding tert-OH is 1. The zero-order valence-corrected chi connectivity index (χ0v) is 16.8. The lowest BCUT2D eigenvalue weighted by molar-refractivity contribution is 0.268. The summed E-state index contributed by atoms with van der Waals surface area (Å²) in [4.78, 5) is 4.61. The van der Waals surface area contributed by atoms with Gasteiger partial charge >= 0.3 is 0 Å². The lowest BCUT2D eigenvalue weighted by atomic mass is 10.2. The lowest BCUT2D eigenvalue weighted by Gasteiger charge is -2.17. The molecule has 2 aromatic rings. The molecule has 6 nitrogen and oxygen atoms in total. The molecule has 2 aromatic heterocycles. The van der Waals surface area contributed by atoms with Gasteiger partial charge in [-0.3, -0.25) is 0 Å². The van der Waals surface area contributed by atoms with Crippen LogP contribution in [0.1, 0.15) is 26.7 Å². The van der Waals surface area contributed by atoms with Gasteiger partial charge in [-0.05, 0) is 34.8 Å². The topological polar surface area (TPSA) is 74.5 Å². The summed E-state index contributed by atoms with van der Waals surface area (Å²) in [5, 5.41) is 20.6. The summed E-state index contributed by atoms with van der Waals surface area (Å²) in [7, 11) is 0. The normalized spacial score (nSPS) is 13.3. The Bertz CT molecular complexity index is 797. The second kappa shape index (κ2) is 10.1. The third-order valence-corrected chi connectivity index (χ3v) is 4.44. The van der Waals surface area contributed by atoms with Gasteiger partial charge < -0.3 is 15.7 Å². The van der Waals surface area contributed by atoms with Crippen molar-refractivity contribution in [1.82, 2.24) is 14.6 Å². The monoisotopic (exact) mass is 419 g/mol. The molecular formula is C19H26BrN5O. The molecule has 0 saturated carbocycles. The molecule has 3 N–H and O–H groups in total. The quantitative estimate of drug-likeness (QED) is 0.504. The fraction of sp³-hybridized carbons (Fsp3) is 0.368. The lowest BCUT2D eigenvalue weighted by Crippen LogP contribution is -2.24. The van der Waals surface area contributed by atoms with Crippen LogP contribution in [0.2, 0.25) is 0 Å². The van der Waals surface area contributed by atoms with Crippen molar-refractivity contribution in [2.75, 3.05) is 23.8 Å². The summed E-state index contributed by atoms with van der Waals surface area (Å²) in [6, 6.07) is 1.88. The summed E-state index contributed by atoms with van der Waals surface area (Å²) in [5.74, 6) is 1.51. The number of anilines is 2. The van der Waals surface area contributed by atoms with Crippen molar-refractivity contribution < 1.29 is 5.11 Å². The van der Waals surface area contributed by atoms with Crippen molar-refractivity contribution in [3.63, 3.8) is 0 Å². The number of hydrogen-bond donors (Lipinski definition) is 3. The molecule has 140 valence electrons. The number of nitrogens with zero attached hydrogens (tertiary/aromatic N) is 3. The van der Waals surface area contributed by atoms with E-state index < -0.39 is 0 Å². The fourth-order valence-corrected chi connectivity index (χ4v) is 2.86. The van der Waals surface area contributed by atoms with Crippen LogP contribution >= 0.6 is 15.9 Å². The molecule has 7 heteroatoms. The summed E-state index contributed by atoms with van der Waals surface area (Å²) in [6.45, 7) is 8.60. The number of allylic oxidation sites excluding steroid dienone is 3. The molecule has 0 amide bonds. The van der Waals surface area contributed by atoms with Crippen molar-refractivity contribution in [3.8, 4) is 0 Å². The van der Waals surface area contributed by atoms with E-state index in [1.807, 2.05) is 37.3 Å². The summed E-state index contributed by atoms with van der Waals surface area (Å²) in [6.07, 6.45) is 11.4. The first-order valence-electron chi connectivity index (χ1n) is 8.72. The largest absolute Gasteiger partial charge is 0.394 e. The van der Waals surface area contributed by atoms with Crippen LogP contribution in [-0.4, -0.2) is 38.9 Å². The number of halogens is 1. The van der Waals surface area contributed by atoms with Crippen molar-refractivity contribution in [3.05, 3.63) is 53.2 Å². The summed E-state index contributed by atoms with van der Waals surface area (Å²) in [5.41, 5.74) is 1.77. The number of rotatable bonds is 10. The van der Waals surface area contributed by atoms with E-state index in [-0.39, 0.29) is 12.6 Å². The minimum Gasteiger partial charge on any atom is -0.394 e. The van der Waals surface area contributed by atoms with E-state index in [0.29, 0.717) is 18.0 Å². The number of aromatic nitrogens is 3. The van der Waals surface area contributed by atoms with Crippen LogP contribution in [0.4, 0.5) is 11.6 Å². The third kappa shape index (κ3) is 5.19. The summed E-state index contributed by atoms with van der Waals surface area (Å²) < 4.78 is 2.56. The molecule has 0 aliphatic carbocycles. The Kier molecular flexibility index (Phi) is 7.87. The predicted molar refractivity (Wildman–Crippen MR) is 112 cm³/mol. The van der Waals surface area contributed by atoms with E-state index in [4.69, 9.17) is 0 Å². The van der Waals surface area contributed by atoms with Gasteiger partial charge in [-0.25, -0.2) is 4.98 Å². The maximum absolute atomic E-state index is 9.55. The molecule has 0 saturated heterocycles. The highest BCUT2D eigenvalue weighted by atomic mass is 79.9. The van der Waals surface area contributed by atoms with Crippen molar-refractivity contribution >= 4 is 33.2 Å².